The molecular formula is C19H21ClN2O2. The van der Waals surface area contributed by atoms with E-state index in [2.05, 4.69) is 5.32 Å². The number of hydrogen-bond acceptors (Lipinski definition) is 2. The van der Waals surface area contributed by atoms with Gasteiger partial charge >= 0.3 is 0 Å². The molecule has 2 rings (SSSR count). The fourth-order valence-electron chi connectivity index (χ4n) is 2.30. The van der Waals surface area contributed by atoms with Gasteiger partial charge in [-0.15, -0.1) is 0 Å². The van der Waals surface area contributed by atoms with Crippen molar-refractivity contribution in [1.29, 1.82) is 0 Å². The second-order valence-electron chi connectivity index (χ2n) is 5.79. The first kappa shape index (κ1) is 18.0. The predicted molar refractivity (Wildman–Crippen MR) is 95.9 cm³/mol. The molecule has 0 saturated carbocycles. The van der Waals surface area contributed by atoms with E-state index in [1.807, 2.05) is 44.2 Å². The lowest BCUT2D eigenvalue weighted by Crippen LogP contribution is -2.43. The van der Waals surface area contributed by atoms with E-state index >= 15 is 0 Å². The molecule has 0 atom stereocenters. The van der Waals surface area contributed by atoms with E-state index in [4.69, 9.17) is 11.6 Å². The Morgan fingerprint density at radius 1 is 1.04 bits per heavy atom. The minimum Gasteiger partial charge on any atom is -0.343 e. The van der Waals surface area contributed by atoms with Gasteiger partial charge in [0.2, 0.25) is 5.91 Å². The lowest BCUT2D eigenvalue weighted by Gasteiger charge is -2.27. The van der Waals surface area contributed by atoms with Gasteiger partial charge in [0.1, 0.15) is 0 Å². The van der Waals surface area contributed by atoms with E-state index < -0.39 is 0 Å². The highest BCUT2D eigenvalue weighted by Crippen LogP contribution is 2.10. The number of benzene rings is 2. The van der Waals surface area contributed by atoms with E-state index in [1.165, 1.54) is 0 Å². The number of hydrogen-bond donors (Lipinski definition) is 1. The van der Waals surface area contributed by atoms with Crippen molar-refractivity contribution in [3.63, 3.8) is 0 Å². The molecule has 1 N–H and O–H groups in total. The normalized spacial score (nSPS) is 10.5. The Morgan fingerprint density at radius 3 is 2.25 bits per heavy atom. The quantitative estimate of drug-likeness (QED) is 0.871. The van der Waals surface area contributed by atoms with Crippen molar-refractivity contribution in [3.05, 3.63) is 70.7 Å². The van der Waals surface area contributed by atoms with Gasteiger partial charge in [0.25, 0.3) is 5.91 Å². The van der Waals surface area contributed by atoms with Crippen molar-refractivity contribution in [3.8, 4) is 0 Å². The van der Waals surface area contributed by atoms with Crippen LogP contribution in [0, 0.1) is 0 Å². The van der Waals surface area contributed by atoms with Gasteiger partial charge in [-0.2, -0.15) is 0 Å². The maximum absolute atomic E-state index is 12.5. The zero-order valence-corrected chi connectivity index (χ0v) is 14.6. The number of amides is 2. The average Bonchev–Trinajstić information content (AvgIpc) is 2.58. The Labute approximate surface area is 147 Å². The van der Waals surface area contributed by atoms with Gasteiger partial charge in [0.05, 0.1) is 6.54 Å². The number of rotatable bonds is 6. The van der Waals surface area contributed by atoms with Crippen LogP contribution in [0.4, 0.5) is 0 Å². The van der Waals surface area contributed by atoms with Crippen LogP contribution in [0.15, 0.2) is 54.6 Å². The van der Waals surface area contributed by atoms with Crippen LogP contribution < -0.4 is 5.32 Å². The van der Waals surface area contributed by atoms with Gasteiger partial charge in [0, 0.05) is 23.2 Å². The molecular weight excluding hydrogens is 324 g/mol. The molecule has 24 heavy (non-hydrogen) atoms. The van der Waals surface area contributed by atoms with Gasteiger partial charge < -0.3 is 10.2 Å². The van der Waals surface area contributed by atoms with Gasteiger partial charge in [-0.05, 0) is 43.7 Å². The molecule has 2 aromatic rings. The minimum absolute atomic E-state index is 0.0352. The van der Waals surface area contributed by atoms with Crippen molar-refractivity contribution < 1.29 is 9.59 Å². The summed E-state index contributed by atoms with van der Waals surface area (Å²) >= 11 is 5.80. The molecule has 2 amide bonds. The summed E-state index contributed by atoms with van der Waals surface area (Å²) in [4.78, 5) is 26.3. The number of carbonyl (C=O) groups excluding carboxylic acids is 2. The Hall–Kier alpha value is -2.33. The molecule has 0 fully saturated rings. The highest BCUT2D eigenvalue weighted by Gasteiger charge is 2.18. The summed E-state index contributed by atoms with van der Waals surface area (Å²) in [5.74, 6) is -0.403. The van der Waals surface area contributed by atoms with Crippen molar-refractivity contribution in [1.82, 2.24) is 10.2 Å². The summed E-state index contributed by atoms with van der Waals surface area (Å²) in [7, 11) is 0. The lowest BCUT2D eigenvalue weighted by atomic mass is 10.2. The third-order valence-corrected chi connectivity index (χ3v) is 3.90. The summed E-state index contributed by atoms with van der Waals surface area (Å²) in [5, 5.41) is 3.23. The Kier molecular flexibility index (Phi) is 6.38. The fraction of sp³-hybridized carbons (Fsp3) is 0.263. The summed E-state index contributed by atoms with van der Waals surface area (Å²) in [6.45, 7) is 4.41. The van der Waals surface area contributed by atoms with Gasteiger partial charge in [-0.3, -0.25) is 9.59 Å². The first-order valence-electron chi connectivity index (χ1n) is 7.84. The standard InChI is InChI=1S/C19H21ClN2O2/c1-14(2)22(13-15-6-4-3-5-7-15)18(23)12-21-19(24)16-8-10-17(20)11-9-16/h3-11,14H,12-13H2,1-2H3,(H,21,24). The number of nitrogens with zero attached hydrogens (tertiary/aromatic N) is 1. The van der Waals surface area contributed by atoms with Crippen molar-refractivity contribution in [2.45, 2.75) is 26.4 Å². The number of halogens is 1. The first-order valence-corrected chi connectivity index (χ1v) is 8.22. The van der Waals surface area contributed by atoms with Crippen molar-refractivity contribution >= 4 is 23.4 Å². The van der Waals surface area contributed by atoms with E-state index in [9.17, 15) is 9.59 Å². The van der Waals surface area contributed by atoms with E-state index in [0.29, 0.717) is 17.1 Å². The lowest BCUT2D eigenvalue weighted by molar-refractivity contribution is -0.132. The molecule has 0 saturated heterocycles. The molecule has 0 heterocycles. The number of nitrogens with one attached hydrogen (secondary N) is 1. The van der Waals surface area contributed by atoms with E-state index in [-0.39, 0.29) is 24.4 Å². The topological polar surface area (TPSA) is 49.4 Å². The minimum atomic E-state index is -0.288. The zero-order valence-electron chi connectivity index (χ0n) is 13.8. The summed E-state index contributed by atoms with van der Waals surface area (Å²) in [5.41, 5.74) is 1.54. The van der Waals surface area contributed by atoms with Crippen LogP contribution in [0.2, 0.25) is 5.02 Å². The maximum Gasteiger partial charge on any atom is 0.251 e. The largest absolute Gasteiger partial charge is 0.343 e. The third kappa shape index (κ3) is 5.10. The molecule has 0 bridgehead atoms. The molecule has 0 aliphatic rings. The molecule has 0 spiro atoms. The van der Waals surface area contributed by atoms with Crippen molar-refractivity contribution in [2.75, 3.05) is 6.54 Å². The SMILES string of the molecule is CC(C)N(Cc1ccccc1)C(=O)CNC(=O)c1ccc(Cl)cc1. The Morgan fingerprint density at radius 2 is 1.67 bits per heavy atom. The maximum atomic E-state index is 12.5. The summed E-state index contributed by atoms with van der Waals surface area (Å²) in [6, 6.07) is 16.4. The molecule has 0 aliphatic heterocycles. The average molecular weight is 345 g/mol. The van der Waals surface area contributed by atoms with Gasteiger partial charge in [-0.1, -0.05) is 41.9 Å². The molecule has 126 valence electrons. The van der Waals surface area contributed by atoms with Crippen LogP contribution in [0.3, 0.4) is 0 Å². The third-order valence-electron chi connectivity index (χ3n) is 3.65. The molecule has 0 radical (unpaired) electrons. The highest BCUT2D eigenvalue weighted by atomic mass is 35.5. The summed E-state index contributed by atoms with van der Waals surface area (Å²) in [6.07, 6.45) is 0. The second kappa shape index (κ2) is 8.50. The van der Waals surface area contributed by atoms with Crippen LogP contribution in [-0.2, 0) is 11.3 Å². The van der Waals surface area contributed by atoms with Gasteiger partial charge in [0.15, 0.2) is 0 Å². The molecule has 0 unspecified atom stereocenters. The van der Waals surface area contributed by atoms with Gasteiger partial charge in [-0.25, -0.2) is 0 Å². The van der Waals surface area contributed by atoms with Crippen molar-refractivity contribution in [2.24, 2.45) is 0 Å². The van der Waals surface area contributed by atoms with Crippen LogP contribution in [0.5, 0.6) is 0 Å². The molecule has 4 nitrogen and oxygen atoms in total. The number of carbonyl (C=O) groups is 2. The highest BCUT2D eigenvalue weighted by molar-refractivity contribution is 6.30. The van der Waals surface area contributed by atoms with E-state index in [0.717, 1.165) is 5.56 Å². The Balaban J connectivity index is 1.95. The first-order chi connectivity index (χ1) is 11.5. The molecule has 0 aromatic heterocycles. The summed E-state index contributed by atoms with van der Waals surface area (Å²) < 4.78 is 0. The van der Waals surface area contributed by atoms with Crippen LogP contribution in [-0.4, -0.2) is 29.3 Å². The fourth-order valence-corrected chi connectivity index (χ4v) is 2.43. The van der Waals surface area contributed by atoms with Crippen LogP contribution >= 0.6 is 11.6 Å². The molecule has 0 aliphatic carbocycles. The predicted octanol–water partition coefficient (Wildman–Crippen LogP) is 3.51. The van der Waals surface area contributed by atoms with Crippen LogP contribution in [0.25, 0.3) is 0 Å². The molecule has 2 aromatic carbocycles. The van der Waals surface area contributed by atoms with Crippen LogP contribution in [0.1, 0.15) is 29.8 Å². The zero-order chi connectivity index (χ0) is 17.5. The molecule has 5 heteroatoms. The Bertz CT molecular complexity index is 684. The second-order valence-corrected chi connectivity index (χ2v) is 6.23. The van der Waals surface area contributed by atoms with E-state index in [1.54, 1.807) is 29.2 Å². The smallest absolute Gasteiger partial charge is 0.251 e. The monoisotopic (exact) mass is 344 g/mol.